The fraction of sp³-hybridized carbons (Fsp3) is 0.500. The van der Waals surface area contributed by atoms with Gasteiger partial charge in [-0.15, -0.1) is 0 Å². The highest BCUT2D eigenvalue weighted by molar-refractivity contribution is 6.33. The third-order valence-electron chi connectivity index (χ3n) is 7.11. The van der Waals surface area contributed by atoms with Gasteiger partial charge in [0.05, 0.1) is 29.1 Å². The van der Waals surface area contributed by atoms with Crippen LogP contribution in [0.25, 0.3) is 22.6 Å². The number of nitrogens with one attached hydrogen (secondary N) is 1. The van der Waals surface area contributed by atoms with Gasteiger partial charge in [0.1, 0.15) is 24.2 Å². The molecule has 0 bridgehead atoms. The number of amides is 1. The summed E-state index contributed by atoms with van der Waals surface area (Å²) in [6, 6.07) is 5.31. The normalized spacial score (nSPS) is 14.9. The number of piperidine rings is 1. The zero-order valence-electron chi connectivity index (χ0n) is 23.1. The molecule has 39 heavy (non-hydrogen) atoms. The maximum absolute atomic E-state index is 11.9. The number of ether oxygens (including phenoxy) is 2. The number of halogens is 1. The lowest BCUT2D eigenvalue weighted by molar-refractivity contribution is 0.106. The predicted molar refractivity (Wildman–Crippen MR) is 148 cm³/mol. The highest BCUT2D eigenvalue weighted by Gasteiger charge is 2.26. The van der Waals surface area contributed by atoms with E-state index in [4.69, 9.17) is 35.6 Å². The molecule has 3 aromatic rings. The smallest absolute Gasteiger partial charge is 0.409 e. The highest BCUT2D eigenvalue weighted by atomic mass is 35.5. The average Bonchev–Trinajstić information content (AvgIpc) is 3.27. The summed E-state index contributed by atoms with van der Waals surface area (Å²) in [5.74, 6) is 2.07. The van der Waals surface area contributed by atoms with E-state index in [2.05, 4.69) is 10.5 Å². The van der Waals surface area contributed by atoms with Crippen molar-refractivity contribution in [3.05, 3.63) is 45.9 Å². The number of benzene rings is 1. The number of rotatable bonds is 9. The summed E-state index contributed by atoms with van der Waals surface area (Å²) in [5.41, 5.74) is 4.86. The first-order chi connectivity index (χ1) is 18.7. The van der Waals surface area contributed by atoms with Crippen LogP contribution in [0.15, 0.2) is 22.7 Å². The molecule has 11 heteroatoms. The minimum atomic E-state index is -0.645. The van der Waals surface area contributed by atoms with Gasteiger partial charge in [-0.3, -0.25) is 0 Å². The summed E-state index contributed by atoms with van der Waals surface area (Å²) in [5, 5.41) is 17.6. The summed E-state index contributed by atoms with van der Waals surface area (Å²) >= 11 is 6.65. The molecule has 2 N–H and O–H groups in total. The Hall–Kier alpha value is -3.21. The van der Waals surface area contributed by atoms with Crippen molar-refractivity contribution in [3.63, 3.8) is 0 Å². The number of carbonyl (C=O) groups excluding carboxylic acids is 1. The van der Waals surface area contributed by atoms with Crippen LogP contribution in [0.1, 0.15) is 35.6 Å². The first-order valence-electron chi connectivity index (χ1n) is 13.1. The Balaban J connectivity index is 1.70. The number of aromatic nitrogens is 3. The van der Waals surface area contributed by atoms with E-state index in [1.54, 1.807) is 30.1 Å². The number of aliphatic hydroxyl groups excluding tert-OH is 1. The van der Waals surface area contributed by atoms with Gasteiger partial charge in [-0.1, -0.05) is 16.8 Å². The number of aliphatic hydroxyl groups is 1. The van der Waals surface area contributed by atoms with E-state index in [9.17, 15) is 9.90 Å². The molecule has 1 aliphatic rings. The van der Waals surface area contributed by atoms with E-state index in [1.807, 2.05) is 20.8 Å². The van der Waals surface area contributed by atoms with Gasteiger partial charge in [-0.05, 0) is 76.8 Å². The first-order valence-corrected chi connectivity index (χ1v) is 13.5. The second-order valence-corrected chi connectivity index (χ2v) is 10.3. The number of nitrogens with zero attached hydrogens (tertiary/aromatic N) is 4. The molecule has 210 valence electrons. The third kappa shape index (κ3) is 6.69. The van der Waals surface area contributed by atoms with Crippen LogP contribution in [0.5, 0.6) is 5.75 Å². The molecule has 0 aliphatic carbocycles. The summed E-state index contributed by atoms with van der Waals surface area (Å²) in [4.78, 5) is 23.6. The second-order valence-electron chi connectivity index (χ2n) is 9.94. The van der Waals surface area contributed by atoms with Crippen molar-refractivity contribution in [2.45, 2.75) is 46.1 Å². The fourth-order valence-electron chi connectivity index (χ4n) is 4.92. The van der Waals surface area contributed by atoms with Gasteiger partial charge >= 0.3 is 6.09 Å². The van der Waals surface area contributed by atoms with Gasteiger partial charge in [-0.25, -0.2) is 14.8 Å². The zero-order valence-corrected chi connectivity index (χ0v) is 23.8. The van der Waals surface area contributed by atoms with Gasteiger partial charge in [0.15, 0.2) is 5.82 Å². The molecule has 4 rings (SSSR count). The number of likely N-dealkylation sites (N-methyl/N-ethyl adjacent to an activating group) is 1. The standard InChI is InChI=1S/C28H36ClN5O5/c1-16-24(12-19-8-10-34(11-9-19)28(36)37-5)31-27(32-26(16)25-17(2)33-39-18(25)3)22-13-21(6-7-23(22)29)38-15-20(35)14-30-4/h6-7,13,19-20,30,35H,8-12,14-15H2,1-5H3. The van der Waals surface area contributed by atoms with Crippen LogP contribution >= 0.6 is 11.6 Å². The highest BCUT2D eigenvalue weighted by Crippen LogP contribution is 2.36. The van der Waals surface area contributed by atoms with Crippen molar-refractivity contribution < 1.29 is 23.9 Å². The SMILES string of the molecule is CNCC(O)COc1ccc(Cl)c(-c2nc(CC3CCN(C(=O)OC)CC3)c(C)c(-c3c(C)noc3C)n2)c1. The minimum absolute atomic E-state index is 0.135. The lowest BCUT2D eigenvalue weighted by Gasteiger charge is -2.31. The van der Waals surface area contributed by atoms with Crippen LogP contribution in [-0.4, -0.2) is 77.7 Å². The molecule has 0 spiro atoms. The molecule has 1 aromatic carbocycles. The van der Waals surface area contributed by atoms with Gasteiger partial charge in [0, 0.05) is 30.9 Å². The molecule has 1 aliphatic heterocycles. The van der Waals surface area contributed by atoms with E-state index in [0.717, 1.165) is 47.5 Å². The van der Waals surface area contributed by atoms with Crippen molar-refractivity contribution in [1.29, 1.82) is 0 Å². The fourth-order valence-corrected chi connectivity index (χ4v) is 5.12. The molecule has 1 unspecified atom stereocenters. The lowest BCUT2D eigenvalue weighted by Crippen LogP contribution is -2.38. The summed E-state index contributed by atoms with van der Waals surface area (Å²) in [6.07, 6.45) is 1.51. The van der Waals surface area contributed by atoms with Crippen molar-refractivity contribution in [2.75, 3.05) is 40.4 Å². The molecular weight excluding hydrogens is 522 g/mol. The Morgan fingerprint density at radius 3 is 2.64 bits per heavy atom. The van der Waals surface area contributed by atoms with Crippen molar-refractivity contribution >= 4 is 17.7 Å². The summed E-state index contributed by atoms with van der Waals surface area (Å²) < 4.78 is 16.2. The molecule has 1 fully saturated rings. The second kappa shape index (κ2) is 12.8. The van der Waals surface area contributed by atoms with Crippen LogP contribution < -0.4 is 10.1 Å². The van der Waals surface area contributed by atoms with Crippen molar-refractivity contribution in [2.24, 2.45) is 5.92 Å². The van der Waals surface area contributed by atoms with Gasteiger partial charge in [-0.2, -0.15) is 0 Å². The lowest BCUT2D eigenvalue weighted by atomic mass is 9.90. The van der Waals surface area contributed by atoms with Crippen molar-refractivity contribution in [1.82, 2.24) is 25.3 Å². The number of aryl methyl sites for hydroxylation is 2. The monoisotopic (exact) mass is 557 g/mol. The van der Waals surface area contributed by atoms with Gasteiger partial charge in [0.25, 0.3) is 0 Å². The van der Waals surface area contributed by atoms with E-state index >= 15 is 0 Å². The average molecular weight is 558 g/mol. The van der Waals surface area contributed by atoms with Crippen LogP contribution in [0.3, 0.4) is 0 Å². The summed E-state index contributed by atoms with van der Waals surface area (Å²) in [6.45, 7) is 7.64. The Labute approximate surface area is 233 Å². The van der Waals surface area contributed by atoms with E-state index in [-0.39, 0.29) is 12.7 Å². The van der Waals surface area contributed by atoms with E-state index in [0.29, 0.717) is 53.5 Å². The van der Waals surface area contributed by atoms with Crippen molar-refractivity contribution in [3.8, 4) is 28.4 Å². The Kier molecular flexibility index (Phi) is 9.42. The molecule has 1 amide bonds. The Morgan fingerprint density at radius 2 is 2.00 bits per heavy atom. The zero-order chi connectivity index (χ0) is 28.1. The number of likely N-dealkylation sites (tertiary alicyclic amines) is 1. The molecule has 0 saturated carbocycles. The first kappa shape index (κ1) is 28.8. The van der Waals surface area contributed by atoms with Crippen LogP contribution in [0.2, 0.25) is 5.02 Å². The molecule has 1 saturated heterocycles. The third-order valence-corrected chi connectivity index (χ3v) is 7.44. The van der Waals surface area contributed by atoms with Crippen LogP contribution in [0.4, 0.5) is 4.79 Å². The van der Waals surface area contributed by atoms with Crippen LogP contribution in [-0.2, 0) is 11.2 Å². The number of hydrogen-bond acceptors (Lipinski definition) is 9. The predicted octanol–water partition coefficient (Wildman–Crippen LogP) is 4.36. The molecule has 1 atom stereocenters. The summed E-state index contributed by atoms with van der Waals surface area (Å²) in [7, 11) is 3.18. The number of hydrogen-bond donors (Lipinski definition) is 2. The van der Waals surface area contributed by atoms with Gasteiger partial charge in [0.2, 0.25) is 0 Å². The Bertz CT molecular complexity index is 1290. The number of methoxy groups -OCH3 is 1. The maximum Gasteiger partial charge on any atom is 0.409 e. The Morgan fingerprint density at radius 1 is 1.26 bits per heavy atom. The largest absolute Gasteiger partial charge is 0.491 e. The molecule has 2 aromatic heterocycles. The topological polar surface area (TPSA) is 123 Å². The molecule has 3 heterocycles. The number of carbonyl (C=O) groups is 1. The molecule has 0 radical (unpaired) electrons. The van der Waals surface area contributed by atoms with Crippen LogP contribution in [0, 0.1) is 26.7 Å². The maximum atomic E-state index is 11.9. The van der Waals surface area contributed by atoms with Gasteiger partial charge < -0.3 is 29.3 Å². The quantitative estimate of drug-likeness (QED) is 0.395. The minimum Gasteiger partial charge on any atom is -0.491 e. The van der Waals surface area contributed by atoms with E-state index < -0.39 is 6.10 Å². The molecular formula is C28H36ClN5O5. The molecule has 10 nitrogen and oxygen atoms in total. The van der Waals surface area contributed by atoms with E-state index in [1.165, 1.54) is 7.11 Å².